The number of alkyl carbamates (subject to hydrolysis) is 1. The van der Waals surface area contributed by atoms with Crippen LogP contribution in [0.15, 0.2) is 0 Å². The van der Waals surface area contributed by atoms with Crippen LogP contribution in [0.1, 0.15) is 20.8 Å². The molecule has 1 atom stereocenters. The summed E-state index contributed by atoms with van der Waals surface area (Å²) in [6.07, 6.45) is -0.466. The van der Waals surface area contributed by atoms with Crippen LogP contribution in [0.4, 0.5) is 4.79 Å². The Bertz CT molecular complexity index is 154. The van der Waals surface area contributed by atoms with Crippen LogP contribution in [0.5, 0.6) is 0 Å². The van der Waals surface area contributed by atoms with Gasteiger partial charge in [0.15, 0.2) is 0 Å². The highest BCUT2D eigenvalue weighted by atomic mass is 32.1. The average molecular weight is 192 g/mol. The molecular formula is C7H16N2O2S. The molecule has 0 saturated carbocycles. The molecule has 0 aliphatic rings. The zero-order chi connectivity index (χ0) is 9.78. The van der Waals surface area contributed by atoms with Crippen molar-refractivity contribution in [2.24, 2.45) is 5.73 Å². The van der Waals surface area contributed by atoms with Crippen molar-refractivity contribution in [1.29, 1.82) is 0 Å². The van der Waals surface area contributed by atoms with E-state index in [0.717, 1.165) is 0 Å². The summed E-state index contributed by atoms with van der Waals surface area (Å²) >= 11 is 3.86. The van der Waals surface area contributed by atoms with Gasteiger partial charge in [-0.15, -0.1) is 0 Å². The maximum absolute atomic E-state index is 10.9. The first kappa shape index (κ1) is 11.6. The Morgan fingerprint density at radius 3 is 2.50 bits per heavy atom. The van der Waals surface area contributed by atoms with Gasteiger partial charge in [0.25, 0.3) is 0 Å². The second kappa shape index (κ2) is 4.57. The molecular weight excluding hydrogens is 176 g/mol. The predicted octanol–water partition coefficient (Wildman–Crippen LogP) is 0.726. The minimum Gasteiger partial charge on any atom is -0.447 e. The number of rotatable bonds is 2. The number of carbonyl (C=O) groups excluding carboxylic acids is 1. The molecule has 4 nitrogen and oxygen atoms in total. The third kappa shape index (κ3) is 7.68. The number of carbonyl (C=O) groups is 1. The Balaban J connectivity index is 3.61. The summed E-state index contributed by atoms with van der Waals surface area (Å²) in [7, 11) is 0. The van der Waals surface area contributed by atoms with Crippen LogP contribution in [0.25, 0.3) is 0 Å². The Kier molecular flexibility index (Phi) is 4.41. The molecule has 0 aromatic rings. The summed E-state index contributed by atoms with van der Waals surface area (Å²) in [5.41, 5.74) is 4.98. The summed E-state index contributed by atoms with van der Waals surface area (Å²) < 4.78 is 4.73. The molecule has 3 N–H and O–H groups in total. The molecule has 0 fully saturated rings. The van der Waals surface area contributed by atoms with E-state index >= 15 is 0 Å². The molecule has 0 aromatic carbocycles. The second-order valence-corrected chi connectivity index (χ2v) is 4.20. The van der Waals surface area contributed by atoms with Crippen molar-refractivity contribution in [2.75, 3.05) is 6.61 Å². The van der Waals surface area contributed by atoms with Gasteiger partial charge in [0, 0.05) is 5.54 Å². The van der Waals surface area contributed by atoms with Gasteiger partial charge < -0.3 is 15.8 Å². The highest BCUT2D eigenvalue weighted by Gasteiger charge is 2.14. The van der Waals surface area contributed by atoms with Crippen LogP contribution >= 0.6 is 12.6 Å². The van der Waals surface area contributed by atoms with Gasteiger partial charge in [-0.05, 0) is 20.8 Å². The van der Waals surface area contributed by atoms with Gasteiger partial charge in [0.2, 0.25) is 0 Å². The molecule has 0 spiro atoms. The van der Waals surface area contributed by atoms with Crippen LogP contribution in [0.2, 0.25) is 0 Å². The first-order valence-corrected chi connectivity index (χ1v) is 4.21. The molecule has 0 radical (unpaired) electrons. The summed E-state index contributed by atoms with van der Waals surface area (Å²) in [6.45, 7) is 5.73. The van der Waals surface area contributed by atoms with Crippen LogP contribution in [0.3, 0.4) is 0 Å². The zero-order valence-electron chi connectivity index (χ0n) is 7.63. The smallest absolute Gasteiger partial charge is 0.407 e. The van der Waals surface area contributed by atoms with Crippen molar-refractivity contribution in [3.05, 3.63) is 0 Å². The molecule has 1 amide bonds. The fourth-order valence-electron chi connectivity index (χ4n) is 0.503. The van der Waals surface area contributed by atoms with E-state index in [0.29, 0.717) is 0 Å². The minimum atomic E-state index is -0.466. The highest BCUT2D eigenvalue weighted by Crippen LogP contribution is 1.99. The van der Waals surface area contributed by atoms with E-state index in [2.05, 4.69) is 17.9 Å². The van der Waals surface area contributed by atoms with E-state index in [1.165, 1.54) is 0 Å². The van der Waals surface area contributed by atoms with E-state index in [9.17, 15) is 4.79 Å². The van der Waals surface area contributed by atoms with Gasteiger partial charge in [-0.3, -0.25) is 0 Å². The van der Waals surface area contributed by atoms with Crippen LogP contribution in [-0.4, -0.2) is 23.6 Å². The number of hydrogen-bond acceptors (Lipinski definition) is 4. The molecule has 0 aliphatic carbocycles. The first-order valence-electron chi connectivity index (χ1n) is 3.70. The normalized spacial score (nSPS) is 13.8. The maximum atomic E-state index is 10.9. The topological polar surface area (TPSA) is 64.3 Å². The molecule has 0 saturated heterocycles. The van der Waals surface area contributed by atoms with E-state index in [1.807, 2.05) is 20.8 Å². The first-order chi connectivity index (χ1) is 5.31. The molecule has 1 unspecified atom stereocenters. The Hall–Kier alpha value is -0.420. The van der Waals surface area contributed by atoms with Crippen molar-refractivity contribution in [3.8, 4) is 0 Å². The predicted molar refractivity (Wildman–Crippen MR) is 51.2 cm³/mol. The lowest BCUT2D eigenvalue weighted by Gasteiger charge is -2.20. The fourth-order valence-corrected chi connectivity index (χ4v) is 0.578. The van der Waals surface area contributed by atoms with Crippen molar-refractivity contribution in [3.63, 3.8) is 0 Å². The van der Waals surface area contributed by atoms with Gasteiger partial charge >= 0.3 is 6.09 Å². The van der Waals surface area contributed by atoms with Crippen LogP contribution in [0, 0.1) is 0 Å². The Morgan fingerprint density at radius 1 is 1.67 bits per heavy atom. The third-order valence-electron chi connectivity index (χ3n) is 0.862. The van der Waals surface area contributed by atoms with E-state index in [4.69, 9.17) is 10.5 Å². The maximum Gasteiger partial charge on any atom is 0.407 e. The molecule has 0 bridgehead atoms. The van der Waals surface area contributed by atoms with Gasteiger partial charge in [-0.1, -0.05) is 0 Å². The zero-order valence-corrected chi connectivity index (χ0v) is 8.52. The SMILES string of the molecule is CC(C)(C)NC(=O)OCC(N)S. The lowest BCUT2D eigenvalue weighted by molar-refractivity contribution is 0.138. The lowest BCUT2D eigenvalue weighted by Crippen LogP contribution is -2.41. The van der Waals surface area contributed by atoms with E-state index < -0.39 is 11.5 Å². The van der Waals surface area contributed by atoms with Gasteiger partial charge in [0.1, 0.15) is 6.61 Å². The quantitative estimate of drug-likeness (QED) is 0.446. The van der Waals surface area contributed by atoms with Crippen molar-refractivity contribution in [1.82, 2.24) is 5.32 Å². The van der Waals surface area contributed by atoms with Crippen molar-refractivity contribution >= 4 is 18.7 Å². The summed E-state index contributed by atoms with van der Waals surface area (Å²) in [6, 6.07) is 0. The van der Waals surface area contributed by atoms with Crippen molar-refractivity contribution in [2.45, 2.75) is 31.7 Å². The number of amides is 1. The number of nitrogens with one attached hydrogen (secondary N) is 1. The molecule has 0 heterocycles. The number of thiol groups is 1. The van der Waals surface area contributed by atoms with Crippen LogP contribution in [-0.2, 0) is 4.74 Å². The molecule has 72 valence electrons. The number of hydrogen-bond donors (Lipinski definition) is 3. The molecule has 0 aromatic heterocycles. The van der Waals surface area contributed by atoms with E-state index in [-0.39, 0.29) is 12.1 Å². The summed E-state index contributed by atoms with van der Waals surface area (Å²) in [4.78, 5) is 10.9. The van der Waals surface area contributed by atoms with Gasteiger partial charge in [-0.2, -0.15) is 12.6 Å². The average Bonchev–Trinajstić information content (AvgIpc) is 1.79. The Labute approximate surface area is 78.2 Å². The molecule has 0 rings (SSSR count). The standard InChI is InChI=1S/C7H16N2O2S/c1-7(2,3)9-6(10)11-4-5(8)12/h5,12H,4,8H2,1-3H3,(H,9,10). The minimum absolute atomic E-state index is 0.116. The molecule has 12 heavy (non-hydrogen) atoms. The van der Waals surface area contributed by atoms with E-state index in [1.54, 1.807) is 0 Å². The highest BCUT2D eigenvalue weighted by molar-refractivity contribution is 7.80. The monoisotopic (exact) mass is 192 g/mol. The molecule has 5 heteroatoms. The third-order valence-corrected chi connectivity index (χ3v) is 1.01. The fraction of sp³-hybridized carbons (Fsp3) is 0.857. The lowest BCUT2D eigenvalue weighted by atomic mass is 10.1. The second-order valence-electron chi connectivity index (χ2n) is 3.54. The van der Waals surface area contributed by atoms with Gasteiger partial charge in [-0.25, -0.2) is 4.79 Å². The number of nitrogens with two attached hydrogens (primary N) is 1. The molecule has 0 aliphatic heterocycles. The van der Waals surface area contributed by atoms with Crippen molar-refractivity contribution < 1.29 is 9.53 Å². The summed E-state index contributed by atoms with van der Waals surface area (Å²) in [5.74, 6) is 0. The number of ether oxygens (including phenoxy) is 1. The summed E-state index contributed by atoms with van der Waals surface area (Å²) in [5, 5.41) is 2.20. The Morgan fingerprint density at radius 2 is 2.17 bits per heavy atom. The largest absolute Gasteiger partial charge is 0.447 e. The van der Waals surface area contributed by atoms with Crippen LogP contribution < -0.4 is 11.1 Å². The van der Waals surface area contributed by atoms with Gasteiger partial charge in [0.05, 0.1) is 5.37 Å².